The van der Waals surface area contributed by atoms with Gasteiger partial charge in [0.1, 0.15) is 5.82 Å². The summed E-state index contributed by atoms with van der Waals surface area (Å²) in [5.41, 5.74) is 10.0. The maximum Gasteiger partial charge on any atom is 0.146 e. The Kier molecular flexibility index (Phi) is 4.14. The maximum atomic E-state index is 6.12. The smallest absolute Gasteiger partial charge is 0.146 e. The van der Waals surface area contributed by atoms with E-state index in [1.807, 2.05) is 48.0 Å². The van der Waals surface area contributed by atoms with Crippen molar-refractivity contribution in [2.75, 3.05) is 12.0 Å². The van der Waals surface area contributed by atoms with Crippen molar-refractivity contribution >= 4 is 29.2 Å². The first-order chi connectivity index (χ1) is 10.6. The van der Waals surface area contributed by atoms with Crippen molar-refractivity contribution in [1.29, 1.82) is 0 Å². The normalized spacial score (nSPS) is 10.9. The zero-order valence-electron chi connectivity index (χ0n) is 12.4. The Morgan fingerprint density at radius 1 is 1.14 bits per heavy atom. The minimum atomic E-state index is 0.499. The summed E-state index contributed by atoms with van der Waals surface area (Å²) < 4.78 is 1.87. The Hall–Kier alpha value is -1.91. The van der Waals surface area contributed by atoms with Gasteiger partial charge in [-0.1, -0.05) is 29.8 Å². The van der Waals surface area contributed by atoms with Crippen molar-refractivity contribution in [2.45, 2.75) is 11.8 Å². The number of aromatic nitrogens is 2. The fourth-order valence-corrected chi connectivity index (χ4v) is 3.13. The van der Waals surface area contributed by atoms with E-state index in [-0.39, 0.29) is 0 Å². The molecule has 0 aliphatic rings. The van der Waals surface area contributed by atoms with Crippen molar-refractivity contribution < 1.29 is 0 Å². The second-order valence-corrected chi connectivity index (χ2v) is 6.26. The van der Waals surface area contributed by atoms with E-state index in [4.69, 9.17) is 17.3 Å². The summed E-state index contributed by atoms with van der Waals surface area (Å²) in [5, 5.41) is 5.19. The van der Waals surface area contributed by atoms with Gasteiger partial charge in [0.25, 0.3) is 0 Å². The Morgan fingerprint density at radius 2 is 1.91 bits per heavy atom. The second kappa shape index (κ2) is 6.07. The van der Waals surface area contributed by atoms with Gasteiger partial charge in [-0.15, -0.1) is 11.8 Å². The molecule has 0 atom stereocenters. The number of thioether (sulfide) groups is 1. The van der Waals surface area contributed by atoms with Gasteiger partial charge in [0.2, 0.25) is 0 Å². The lowest BCUT2D eigenvalue weighted by Gasteiger charge is -2.11. The number of anilines is 1. The Balaban J connectivity index is 2.20. The molecule has 112 valence electrons. The predicted octanol–water partition coefficient (Wildman–Crippen LogP) is 4.81. The average molecular weight is 330 g/mol. The molecule has 3 aromatic rings. The second-order valence-electron chi connectivity index (χ2n) is 5.00. The van der Waals surface area contributed by atoms with Gasteiger partial charge in [-0.2, -0.15) is 5.10 Å². The van der Waals surface area contributed by atoms with Gasteiger partial charge in [0, 0.05) is 21.5 Å². The number of halogens is 1. The van der Waals surface area contributed by atoms with Crippen LogP contribution in [0.5, 0.6) is 0 Å². The summed E-state index contributed by atoms with van der Waals surface area (Å²) in [4.78, 5) is 1.19. The summed E-state index contributed by atoms with van der Waals surface area (Å²) in [6, 6.07) is 16.0. The van der Waals surface area contributed by atoms with Gasteiger partial charge in [0.15, 0.2) is 0 Å². The molecule has 0 amide bonds. The molecule has 2 aromatic carbocycles. The zero-order chi connectivity index (χ0) is 15.7. The summed E-state index contributed by atoms with van der Waals surface area (Å²) in [6.07, 6.45) is 2.06. The fourth-order valence-electron chi connectivity index (χ4n) is 2.40. The third kappa shape index (κ3) is 2.72. The van der Waals surface area contributed by atoms with E-state index in [2.05, 4.69) is 23.5 Å². The number of hydrogen-bond donors (Lipinski definition) is 1. The minimum Gasteiger partial charge on any atom is -0.382 e. The SMILES string of the molecule is CSc1ccccc1-c1cc(N)nn1-c1ccc(Cl)c(C)c1. The lowest BCUT2D eigenvalue weighted by Crippen LogP contribution is -2.01. The van der Waals surface area contributed by atoms with Crippen molar-refractivity contribution in [3.63, 3.8) is 0 Å². The highest BCUT2D eigenvalue weighted by molar-refractivity contribution is 7.98. The Labute approximate surface area is 139 Å². The van der Waals surface area contributed by atoms with Gasteiger partial charge in [-0.25, -0.2) is 4.68 Å². The van der Waals surface area contributed by atoms with E-state index in [0.29, 0.717) is 5.82 Å². The van der Waals surface area contributed by atoms with Crippen molar-refractivity contribution in [3.05, 3.63) is 59.1 Å². The zero-order valence-corrected chi connectivity index (χ0v) is 13.9. The molecular weight excluding hydrogens is 314 g/mol. The Bertz CT molecular complexity index is 827. The molecule has 0 fully saturated rings. The number of rotatable bonds is 3. The lowest BCUT2D eigenvalue weighted by atomic mass is 10.1. The number of hydrogen-bond acceptors (Lipinski definition) is 3. The molecule has 0 unspecified atom stereocenters. The Morgan fingerprint density at radius 3 is 2.64 bits per heavy atom. The van der Waals surface area contributed by atoms with Gasteiger partial charge in [0.05, 0.1) is 11.4 Å². The number of nitrogens with two attached hydrogens (primary N) is 1. The maximum absolute atomic E-state index is 6.12. The van der Waals surface area contributed by atoms with Gasteiger partial charge in [-0.3, -0.25) is 0 Å². The molecule has 2 N–H and O–H groups in total. The summed E-state index contributed by atoms with van der Waals surface area (Å²) in [5.74, 6) is 0.499. The van der Waals surface area contributed by atoms with Crippen LogP contribution in [0.3, 0.4) is 0 Å². The first-order valence-corrected chi connectivity index (χ1v) is 8.46. The first kappa shape index (κ1) is 15.0. The van der Waals surface area contributed by atoms with Crippen LogP contribution in [0.2, 0.25) is 5.02 Å². The van der Waals surface area contributed by atoms with E-state index in [9.17, 15) is 0 Å². The van der Waals surface area contributed by atoms with Crippen LogP contribution in [-0.2, 0) is 0 Å². The molecular formula is C17H16ClN3S. The van der Waals surface area contributed by atoms with Crippen LogP contribution in [0.15, 0.2) is 53.4 Å². The predicted molar refractivity (Wildman–Crippen MR) is 94.9 cm³/mol. The average Bonchev–Trinajstić information content (AvgIpc) is 2.91. The van der Waals surface area contributed by atoms with Crippen LogP contribution in [0, 0.1) is 6.92 Å². The van der Waals surface area contributed by atoms with Crippen molar-refractivity contribution in [2.24, 2.45) is 0 Å². The molecule has 22 heavy (non-hydrogen) atoms. The van der Waals surface area contributed by atoms with Gasteiger partial charge < -0.3 is 5.73 Å². The summed E-state index contributed by atoms with van der Waals surface area (Å²) in [7, 11) is 0. The quantitative estimate of drug-likeness (QED) is 0.701. The number of aryl methyl sites for hydroxylation is 1. The lowest BCUT2D eigenvalue weighted by molar-refractivity contribution is 0.890. The molecule has 5 heteroatoms. The molecule has 0 aliphatic heterocycles. The first-order valence-electron chi connectivity index (χ1n) is 6.85. The number of nitrogens with zero attached hydrogens (tertiary/aromatic N) is 2. The molecule has 0 aliphatic carbocycles. The van der Waals surface area contributed by atoms with Crippen LogP contribution < -0.4 is 5.73 Å². The van der Waals surface area contributed by atoms with Crippen LogP contribution >= 0.6 is 23.4 Å². The largest absolute Gasteiger partial charge is 0.382 e. The summed E-state index contributed by atoms with van der Waals surface area (Å²) >= 11 is 7.83. The molecule has 0 saturated heterocycles. The van der Waals surface area contributed by atoms with Crippen LogP contribution in [0.25, 0.3) is 16.9 Å². The van der Waals surface area contributed by atoms with Gasteiger partial charge >= 0.3 is 0 Å². The van der Waals surface area contributed by atoms with Crippen LogP contribution in [0.4, 0.5) is 5.82 Å². The van der Waals surface area contributed by atoms with E-state index in [0.717, 1.165) is 27.5 Å². The van der Waals surface area contributed by atoms with E-state index in [1.165, 1.54) is 4.90 Å². The minimum absolute atomic E-state index is 0.499. The highest BCUT2D eigenvalue weighted by Crippen LogP contribution is 2.33. The highest BCUT2D eigenvalue weighted by atomic mass is 35.5. The molecule has 0 bridgehead atoms. The van der Waals surface area contributed by atoms with Crippen LogP contribution in [-0.4, -0.2) is 16.0 Å². The highest BCUT2D eigenvalue weighted by Gasteiger charge is 2.13. The molecule has 0 spiro atoms. The molecule has 3 nitrogen and oxygen atoms in total. The summed E-state index contributed by atoms with van der Waals surface area (Å²) in [6.45, 7) is 1.98. The third-order valence-electron chi connectivity index (χ3n) is 3.50. The fraction of sp³-hybridized carbons (Fsp3) is 0.118. The third-order valence-corrected chi connectivity index (χ3v) is 4.72. The van der Waals surface area contributed by atoms with E-state index < -0.39 is 0 Å². The van der Waals surface area contributed by atoms with E-state index >= 15 is 0 Å². The molecule has 3 rings (SSSR count). The van der Waals surface area contributed by atoms with Crippen molar-refractivity contribution in [3.8, 4) is 16.9 Å². The van der Waals surface area contributed by atoms with Gasteiger partial charge in [-0.05, 0) is 43.0 Å². The molecule has 1 heterocycles. The molecule has 0 radical (unpaired) electrons. The van der Waals surface area contributed by atoms with Crippen molar-refractivity contribution in [1.82, 2.24) is 9.78 Å². The monoisotopic (exact) mass is 329 g/mol. The standard InChI is InChI=1S/C17H16ClN3S/c1-11-9-12(7-8-14(11)18)21-15(10-17(19)20-21)13-5-3-4-6-16(13)22-2/h3-10H,1-2H3,(H2,19,20). The topological polar surface area (TPSA) is 43.8 Å². The molecule has 0 saturated carbocycles. The van der Waals surface area contributed by atoms with E-state index in [1.54, 1.807) is 11.8 Å². The van der Waals surface area contributed by atoms with Crippen LogP contribution in [0.1, 0.15) is 5.56 Å². The number of nitrogen functional groups attached to an aromatic ring is 1. The molecule has 1 aromatic heterocycles. The number of benzene rings is 2.